The maximum atomic E-state index is 13.2. The SMILES string of the molecule is COC(=O)c1c(NC(=O)c2noc(C)c2COc2cc(C)ccc2C)sc2c1CCCCC2. The van der Waals surface area contributed by atoms with Crippen LogP contribution in [0.15, 0.2) is 22.7 Å². The van der Waals surface area contributed by atoms with Crippen molar-refractivity contribution in [1.82, 2.24) is 5.16 Å². The van der Waals surface area contributed by atoms with Crippen LogP contribution >= 0.6 is 11.3 Å². The number of aryl methyl sites for hydroxylation is 4. The molecule has 174 valence electrons. The van der Waals surface area contributed by atoms with E-state index in [-0.39, 0.29) is 12.3 Å². The Morgan fingerprint density at radius 2 is 1.94 bits per heavy atom. The predicted molar refractivity (Wildman–Crippen MR) is 126 cm³/mol. The van der Waals surface area contributed by atoms with E-state index in [0.29, 0.717) is 21.9 Å². The molecule has 0 saturated heterocycles. The van der Waals surface area contributed by atoms with Crippen LogP contribution < -0.4 is 10.1 Å². The second kappa shape index (κ2) is 9.79. The van der Waals surface area contributed by atoms with Gasteiger partial charge in [0.15, 0.2) is 5.69 Å². The number of esters is 1. The van der Waals surface area contributed by atoms with Crippen molar-refractivity contribution >= 4 is 28.2 Å². The maximum Gasteiger partial charge on any atom is 0.341 e. The number of rotatable bonds is 6. The van der Waals surface area contributed by atoms with Gasteiger partial charge in [-0.3, -0.25) is 4.79 Å². The summed E-state index contributed by atoms with van der Waals surface area (Å²) in [5.74, 6) is 0.394. The van der Waals surface area contributed by atoms with Crippen molar-refractivity contribution in [3.05, 3.63) is 62.3 Å². The molecule has 1 aliphatic rings. The van der Waals surface area contributed by atoms with E-state index in [0.717, 1.165) is 59.4 Å². The van der Waals surface area contributed by atoms with Gasteiger partial charge in [0.25, 0.3) is 5.91 Å². The molecule has 4 rings (SSSR count). The molecule has 0 fully saturated rings. The Morgan fingerprint density at radius 3 is 2.73 bits per heavy atom. The van der Waals surface area contributed by atoms with E-state index in [1.165, 1.54) is 18.4 Å². The van der Waals surface area contributed by atoms with Gasteiger partial charge < -0.3 is 19.3 Å². The fourth-order valence-corrected chi connectivity index (χ4v) is 5.34. The van der Waals surface area contributed by atoms with Gasteiger partial charge in [-0.25, -0.2) is 4.79 Å². The van der Waals surface area contributed by atoms with Crippen molar-refractivity contribution in [3.8, 4) is 5.75 Å². The number of anilines is 1. The average molecular weight is 469 g/mol. The van der Waals surface area contributed by atoms with Crippen molar-refractivity contribution in [2.24, 2.45) is 0 Å². The number of methoxy groups -OCH3 is 1. The van der Waals surface area contributed by atoms with E-state index < -0.39 is 11.9 Å². The number of nitrogens with zero attached hydrogens (tertiary/aromatic N) is 1. The summed E-state index contributed by atoms with van der Waals surface area (Å²) in [5, 5.41) is 7.37. The molecule has 0 aliphatic heterocycles. The number of hydrogen-bond donors (Lipinski definition) is 1. The summed E-state index contributed by atoms with van der Waals surface area (Å²) in [7, 11) is 1.36. The van der Waals surface area contributed by atoms with Gasteiger partial charge in [0.2, 0.25) is 0 Å². The van der Waals surface area contributed by atoms with Gasteiger partial charge in [0, 0.05) is 4.88 Å². The van der Waals surface area contributed by atoms with Crippen LogP contribution in [0.2, 0.25) is 0 Å². The fraction of sp³-hybridized carbons (Fsp3) is 0.400. The molecule has 8 heteroatoms. The first kappa shape index (κ1) is 23.0. The number of benzene rings is 1. The zero-order valence-corrected chi connectivity index (χ0v) is 20.2. The number of thiophene rings is 1. The Balaban J connectivity index is 1.59. The standard InChI is InChI=1S/C25H28N2O5S/c1-14-10-11-15(2)19(12-14)31-13-18-16(3)32-27-22(18)23(28)26-24-21(25(29)30-4)17-8-6-5-7-9-20(17)33-24/h10-12H,5-9,13H2,1-4H3,(H,26,28). The largest absolute Gasteiger partial charge is 0.488 e. The number of amides is 1. The molecule has 0 saturated carbocycles. The maximum absolute atomic E-state index is 13.2. The number of carbonyl (C=O) groups excluding carboxylic acids is 2. The first-order valence-corrected chi connectivity index (χ1v) is 11.9. The minimum Gasteiger partial charge on any atom is -0.488 e. The highest BCUT2D eigenvalue weighted by Gasteiger charge is 2.28. The number of hydrogen-bond acceptors (Lipinski definition) is 7. The van der Waals surface area contributed by atoms with Crippen molar-refractivity contribution in [2.45, 2.75) is 59.5 Å². The summed E-state index contributed by atoms with van der Waals surface area (Å²) in [6.45, 7) is 5.86. The fourth-order valence-electron chi connectivity index (χ4n) is 4.06. The molecule has 1 amide bonds. The quantitative estimate of drug-likeness (QED) is 0.377. The molecule has 0 radical (unpaired) electrons. The predicted octanol–water partition coefficient (Wildman–Crippen LogP) is 5.55. The van der Waals surface area contributed by atoms with E-state index in [9.17, 15) is 9.59 Å². The molecule has 1 aliphatic carbocycles. The normalized spacial score (nSPS) is 13.2. The Hall–Kier alpha value is -3.13. The highest BCUT2D eigenvalue weighted by molar-refractivity contribution is 7.17. The summed E-state index contributed by atoms with van der Waals surface area (Å²) in [6, 6.07) is 5.97. The summed E-state index contributed by atoms with van der Waals surface area (Å²) < 4.78 is 16.3. The topological polar surface area (TPSA) is 90.7 Å². The summed E-state index contributed by atoms with van der Waals surface area (Å²) >= 11 is 1.45. The monoisotopic (exact) mass is 468 g/mol. The van der Waals surface area contributed by atoms with Gasteiger partial charge in [-0.1, -0.05) is 23.7 Å². The molecule has 2 aromatic heterocycles. The lowest BCUT2D eigenvalue weighted by molar-refractivity contribution is 0.0601. The third kappa shape index (κ3) is 4.80. The van der Waals surface area contributed by atoms with Crippen LogP contribution in [0.4, 0.5) is 5.00 Å². The Morgan fingerprint density at radius 1 is 1.15 bits per heavy atom. The van der Waals surface area contributed by atoms with E-state index in [1.54, 1.807) is 6.92 Å². The Bertz CT molecular complexity index is 1190. The molecule has 7 nitrogen and oxygen atoms in total. The van der Waals surface area contributed by atoms with E-state index in [2.05, 4.69) is 10.5 Å². The van der Waals surface area contributed by atoms with E-state index >= 15 is 0 Å². The molecule has 0 atom stereocenters. The van der Waals surface area contributed by atoms with Gasteiger partial charge in [0.05, 0.1) is 18.2 Å². The van der Waals surface area contributed by atoms with Crippen LogP contribution in [0.25, 0.3) is 0 Å². The highest BCUT2D eigenvalue weighted by Crippen LogP contribution is 2.38. The van der Waals surface area contributed by atoms with Gasteiger partial charge in [-0.2, -0.15) is 0 Å². The van der Waals surface area contributed by atoms with Gasteiger partial charge >= 0.3 is 5.97 Å². The number of aromatic nitrogens is 1. The molecule has 1 aromatic carbocycles. The molecule has 1 N–H and O–H groups in total. The van der Waals surface area contributed by atoms with Crippen LogP contribution in [-0.4, -0.2) is 24.1 Å². The minimum absolute atomic E-state index is 0.146. The number of nitrogens with one attached hydrogen (secondary N) is 1. The number of ether oxygens (including phenoxy) is 2. The van der Waals surface area contributed by atoms with Crippen molar-refractivity contribution < 1.29 is 23.6 Å². The van der Waals surface area contributed by atoms with Crippen LogP contribution in [0, 0.1) is 20.8 Å². The first-order chi connectivity index (χ1) is 15.9. The molecule has 33 heavy (non-hydrogen) atoms. The molecule has 0 spiro atoms. The lowest BCUT2D eigenvalue weighted by atomic mass is 10.1. The van der Waals surface area contributed by atoms with Gasteiger partial charge in [0.1, 0.15) is 23.1 Å². The van der Waals surface area contributed by atoms with Crippen molar-refractivity contribution in [1.29, 1.82) is 0 Å². The molecule has 0 bridgehead atoms. The Labute approximate surface area is 197 Å². The molecular formula is C25H28N2O5S. The number of carbonyl (C=O) groups is 2. The third-order valence-corrected chi connectivity index (χ3v) is 7.16. The second-order valence-corrected chi connectivity index (χ2v) is 9.44. The smallest absolute Gasteiger partial charge is 0.341 e. The number of fused-ring (bicyclic) bond motifs is 1. The zero-order valence-electron chi connectivity index (χ0n) is 19.4. The minimum atomic E-state index is -0.437. The van der Waals surface area contributed by atoms with Crippen LogP contribution in [0.5, 0.6) is 5.75 Å². The zero-order chi connectivity index (χ0) is 23.5. The lowest BCUT2D eigenvalue weighted by Gasteiger charge is -2.10. The summed E-state index contributed by atoms with van der Waals surface area (Å²) in [6.07, 6.45) is 4.93. The molecule has 0 unspecified atom stereocenters. The second-order valence-electron chi connectivity index (χ2n) is 8.34. The summed E-state index contributed by atoms with van der Waals surface area (Å²) in [5.41, 5.74) is 4.27. The van der Waals surface area contributed by atoms with Crippen molar-refractivity contribution in [2.75, 3.05) is 12.4 Å². The third-order valence-electron chi connectivity index (χ3n) is 5.95. The first-order valence-electron chi connectivity index (χ1n) is 11.1. The van der Waals surface area contributed by atoms with E-state index in [4.69, 9.17) is 14.0 Å². The van der Waals surface area contributed by atoms with Crippen LogP contribution in [0.3, 0.4) is 0 Å². The Kier molecular flexibility index (Phi) is 6.83. The molecule has 2 heterocycles. The molecule has 3 aromatic rings. The van der Waals surface area contributed by atoms with Crippen LogP contribution in [-0.2, 0) is 24.2 Å². The summed E-state index contributed by atoms with van der Waals surface area (Å²) in [4.78, 5) is 26.9. The average Bonchev–Trinajstić information content (AvgIpc) is 3.24. The highest BCUT2D eigenvalue weighted by atomic mass is 32.1. The van der Waals surface area contributed by atoms with Gasteiger partial charge in [-0.05, 0) is 69.2 Å². The van der Waals surface area contributed by atoms with Crippen LogP contribution in [0.1, 0.15) is 73.0 Å². The molecular weight excluding hydrogens is 440 g/mol. The van der Waals surface area contributed by atoms with Crippen molar-refractivity contribution in [3.63, 3.8) is 0 Å². The van der Waals surface area contributed by atoms with Gasteiger partial charge in [-0.15, -0.1) is 11.3 Å². The van der Waals surface area contributed by atoms with E-state index in [1.807, 2.05) is 32.0 Å². The lowest BCUT2D eigenvalue weighted by Crippen LogP contribution is -2.17.